The minimum absolute atomic E-state index is 0.102. The number of aromatic nitrogens is 2. The normalized spacial score (nSPS) is 12.0. The van der Waals surface area contributed by atoms with Crippen LogP contribution in [0.2, 0.25) is 0 Å². The first-order valence-corrected chi connectivity index (χ1v) is 7.61. The second-order valence-electron chi connectivity index (χ2n) is 5.53. The van der Waals surface area contributed by atoms with E-state index in [0.717, 1.165) is 16.6 Å². The molecule has 0 saturated carbocycles. The molecule has 0 saturated heterocycles. The van der Waals surface area contributed by atoms with Crippen LogP contribution in [0.1, 0.15) is 11.4 Å². The third kappa shape index (κ3) is 3.78. The molecule has 3 N–H and O–H groups in total. The van der Waals surface area contributed by atoms with Gasteiger partial charge in [0.2, 0.25) is 5.91 Å². The van der Waals surface area contributed by atoms with Crippen molar-refractivity contribution in [3.05, 3.63) is 66.0 Å². The fourth-order valence-corrected chi connectivity index (χ4v) is 2.52. The molecule has 1 aromatic heterocycles. The number of carboxylic acid groups (broad SMARTS) is 1. The lowest BCUT2D eigenvalue weighted by Gasteiger charge is -2.13. The predicted molar refractivity (Wildman–Crippen MR) is 89.5 cm³/mol. The van der Waals surface area contributed by atoms with Gasteiger partial charge in [0, 0.05) is 6.42 Å². The second kappa shape index (κ2) is 6.95. The fraction of sp³-hybridized carbons (Fsp3) is 0.167. The van der Waals surface area contributed by atoms with Gasteiger partial charge in [0.05, 0.1) is 17.5 Å². The number of nitrogens with zero attached hydrogens (tertiary/aromatic N) is 1. The van der Waals surface area contributed by atoms with Crippen LogP contribution in [0.25, 0.3) is 11.0 Å². The molecule has 1 atom stereocenters. The number of aromatic amines is 1. The second-order valence-corrected chi connectivity index (χ2v) is 5.53. The highest BCUT2D eigenvalue weighted by Gasteiger charge is 2.22. The van der Waals surface area contributed by atoms with Crippen molar-refractivity contribution in [2.75, 3.05) is 0 Å². The first-order valence-electron chi connectivity index (χ1n) is 7.61. The number of rotatable bonds is 6. The Kier molecular flexibility index (Phi) is 4.56. The van der Waals surface area contributed by atoms with Crippen LogP contribution in [-0.2, 0) is 22.4 Å². The summed E-state index contributed by atoms with van der Waals surface area (Å²) in [4.78, 5) is 31.0. The Hall–Kier alpha value is -3.15. The van der Waals surface area contributed by atoms with E-state index in [1.807, 2.05) is 54.6 Å². The van der Waals surface area contributed by atoms with Gasteiger partial charge in [-0.05, 0) is 17.7 Å². The van der Waals surface area contributed by atoms with Gasteiger partial charge in [-0.3, -0.25) is 4.79 Å². The number of benzene rings is 2. The zero-order valence-electron chi connectivity index (χ0n) is 12.9. The zero-order chi connectivity index (χ0) is 16.9. The van der Waals surface area contributed by atoms with Gasteiger partial charge in [-0.1, -0.05) is 42.5 Å². The molecular weight excluding hydrogens is 306 g/mol. The number of carbonyl (C=O) groups excluding carboxylic acids is 1. The summed E-state index contributed by atoms with van der Waals surface area (Å²) in [5.41, 5.74) is 2.45. The van der Waals surface area contributed by atoms with Crippen LogP contribution >= 0.6 is 0 Å². The number of carboxylic acids is 1. The molecule has 6 heteroatoms. The highest BCUT2D eigenvalue weighted by atomic mass is 16.4. The monoisotopic (exact) mass is 323 g/mol. The topological polar surface area (TPSA) is 95.1 Å². The van der Waals surface area contributed by atoms with Crippen LogP contribution in [0, 0.1) is 0 Å². The van der Waals surface area contributed by atoms with Crippen molar-refractivity contribution < 1.29 is 14.7 Å². The molecule has 3 aromatic rings. The smallest absolute Gasteiger partial charge is 0.326 e. The molecule has 0 aliphatic carbocycles. The number of aliphatic carboxylic acids is 1. The lowest BCUT2D eigenvalue weighted by Crippen LogP contribution is -2.43. The van der Waals surface area contributed by atoms with Crippen molar-refractivity contribution in [3.8, 4) is 0 Å². The minimum atomic E-state index is -1.09. The van der Waals surface area contributed by atoms with Crippen molar-refractivity contribution in [3.63, 3.8) is 0 Å². The van der Waals surface area contributed by atoms with Gasteiger partial charge >= 0.3 is 5.97 Å². The third-order valence-electron chi connectivity index (χ3n) is 3.68. The number of amides is 1. The zero-order valence-corrected chi connectivity index (χ0v) is 12.9. The van der Waals surface area contributed by atoms with Crippen LogP contribution < -0.4 is 5.32 Å². The molecule has 1 heterocycles. The first kappa shape index (κ1) is 15.7. The standard InChI is InChI=1S/C18H17N3O3/c22-17(10-12-6-2-1-3-7-12)21-15(18(23)24)11-16-19-13-8-4-5-9-14(13)20-16/h1-9,15H,10-11H2,(H,19,20)(H,21,22)(H,23,24). The number of nitrogens with one attached hydrogen (secondary N) is 2. The van der Waals surface area contributed by atoms with E-state index < -0.39 is 12.0 Å². The van der Waals surface area contributed by atoms with E-state index in [2.05, 4.69) is 15.3 Å². The van der Waals surface area contributed by atoms with Gasteiger partial charge in [0.25, 0.3) is 0 Å². The quantitative estimate of drug-likeness (QED) is 0.646. The number of imidazole rings is 1. The Bertz CT molecular complexity index is 825. The average Bonchev–Trinajstić information content (AvgIpc) is 2.97. The Labute approximate surface area is 138 Å². The van der Waals surface area contributed by atoms with Gasteiger partial charge in [-0.15, -0.1) is 0 Å². The largest absolute Gasteiger partial charge is 0.480 e. The fourth-order valence-electron chi connectivity index (χ4n) is 2.52. The van der Waals surface area contributed by atoms with Gasteiger partial charge in [-0.25, -0.2) is 9.78 Å². The van der Waals surface area contributed by atoms with E-state index in [0.29, 0.717) is 5.82 Å². The van der Waals surface area contributed by atoms with Crippen LogP contribution in [0.4, 0.5) is 0 Å². The summed E-state index contributed by atoms with van der Waals surface area (Å²) in [6.45, 7) is 0. The molecule has 0 aliphatic rings. The van der Waals surface area contributed by atoms with Crippen LogP contribution in [0.15, 0.2) is 54.6 Å². The van der Waals surface area contributed by atoms with E-state index in [-0.39, 0.29) is 18.7 Å². The van der Waals surface area contributed by atoms with Crippen LogP contribution in [0.3, 0.4) is 0 Å². The number of carbonyl (C=O) groups is 2. The first-order chi connectivity index (χ1) is 11.6. The van der Waals surface area contributed by atoms with Crippen LogP contribution in [-0.4, -0.2) is 33.0 Å². The summed E-state index contributed by atoms with van der Waals surface area (Å²) in [7, 11) is 0. The molecule has 0 aliphatic heterocycles. The van der Waals surface area contributed by atoms with Crippen molar-refractivity contribution in [2.45, 2.75) is 18.9 Å². The number of hydrogen-bond acceptors (Lipinski definition) is 3. The molecule has 2 aromatic carbocycles. The molecule has 3 rings (SSSR count). The van der Waals surface area contributed by atoms with Gasteiger partial charge in [0.1, 0.15) is 11.9 Å². The van der Waals surface area contributed by atoms with E-state index in [9.17, 15) is 14.7 Å². The van der Waals surface area contributed by atoms with Crippen molar-refractivity contribution in [1.82, 2.24) is 15.3 Å². The molecule has 122 valence electrons. The van der Waals surface area contributed by atoms with Crippen molar-refractivity contribution in [1.29, 1.82) is 0 Å². The molecule has 24 heavy (non-hydrogen) atoms. The third-order valence-corrected chi connectivity index (χ3v) is 3.68. The van der Waals surface area contributed by atoms with E-state index >= 15 is 0 Å². The maximum atomic E-state index is 12.1. The van der Waals surface area contributed by atoms with Gasteiger partial charge < -0.3 is 15.4 Å². The number of hydrogen-bond donors (Lipinski definition) is 3. The maximum absolute atomic E-state index is 12.1. The summed E-state index contributed by atoms with van der Waals surface area (Å²) in [6, 6.07) is 15.6. The number of para-hydroxylation sites is 2. The van der Waals surface area contributed by atoms with E-state index in [1.54, 1.807) is 0 Å². The summed E-state index contributed by atoms with van der Waals surface area (Å²) < 4.78 is 0. The maximum Gasteiger partial charge on any atom is 0.326 e. The number of fused-ring (bicyclic) bond motifs is 1. The lowest BCUT2D eigenvalue weighted by atomic mass is 10.1. The molecule has 0 radical (unpaired) electrons. The average molecular weight is 323 g/mol. The number of H-pyrrole nitrogens is 1. The minimum Gasteiger partial charge on any atom is -0.480 e. The molecule has 1 unspecified atom stereocenters. The summed E-state index contributed by atoms with van der Waals surface area (Å²) in [5, 5.41) is 11.9. The SMILES string of the molecule is O=C(Cc1ccccc1)NC(Cc1nc2ccccc2[nH]1)C(=O)O. The summed E-state index contributed by atoms with van der Waals surface area (Å²) in [6.07, 6.45) is 0.245. The molecule has 0 bridgehead atoms. The molecule has 0 spiro atoms. The van der Waals surface area contributed by atoms with Crippen molar-refractivity contribution >= 4 is 22.9 Å². The molecule has 0 fully saturated rings. The van der Waals surface area contributed by atoms with Crippen molar-refractivity contribution in [2.24, 2.45) is 0 Å². The highest BCUT2D eigenvalue weighted by molar-refractivity contribution is 5.85. The Morgan fingerprint density at radius 1 is 1.08 bits per heavy atom. The van der Waals surface area contributed by atoms with Crippen LogP contribution in [0.5, 0.6) is 0 Å². The molecule has 6 nitrogen and oxygen atoms in total. The summed E-state index contributed by atoms with van der Waals surface area (Å²) in [5.74, 6) is -0.884. The van der Waals surface area contributed by atoms with Gasteiger partial charge in [0.15, 0.2) is 0 Å². The Morgan fingerprint density at radius 2 is 1.79 bits per heavy atom. The predicted octanol–water partition coefficient (Wildman–Crippen LogP) is 1.92. The van der Waals surface area contributed by atoms with E-state index in [1.165, 1.54) is 0 Å². The van der Waals surface area contributed by atoms with Gasteiger partial charge in [-0.2, -0.15) is 0 Å². The lowest BCUT2D eigenvalue weighted by molar-refractivity contribution is -0.141. The van der Waals surface area contributed by atoms with E-state index in [4.69, 9.17) is 0 Å². The Morgan fingerprint density at radius 3 is 2.50 bits per heavy atom. The molecular formula is C18H17N3O3. The Balaban J connectivity index is 1.68. The molecule has 1 amide bonds. The highest BCUT2D eigenvalue weighted by Crippen LogP contribution is 2.11. The summed E-state index contributed by atoms with van der Waals surface area (Å²) >= 11 is 0.